The van der Waals surface area contributed by atoms with Crippen molar-refractivity contribution in [2.75, 3.05) is 18.8 Å². The maximum Gasteiger partial charge on any atom is 0.220 e. The Morgan fingerprint density at radius 1 is 1.42 bits per heavy atom. The lowest BCUT2D eigenvalue weighted by Gasteiger charge is -2.31. The predicted molar refractivity (Wildman–Crippen MR) is 73.1 cm³/mol. The zero-order chi connectivity index (χ0) is 14.5. The van der Waals surface area contributed by atoms with Crippen molar-refractivity contribution in [3.8, 4) is 0 Å². The van der Waals surface area contributed by atoms with Crippen molar-refractivity contribution >= 4 is 15.9 Å². The van der Waals surface area contributed by atoms with Gasteiger partial charge in [-0.1, -0.05) is 0 Å². The molecule has 1 aliphatic rings. The second-order valence-corrected chi connectivity index (χ2v) is 7.29. The average molecular weight is 292 g/mol. The molecule has 1 saturated heterocycles. The molecule has 112 valence electrons. The summed E-state index contributed by atoms with van der Waals surface area (Å²) in [6, 6.07) is 0.0461. The van der Waals surface area contributed by atoms with Gasteiger partial charge in [-0.2, -0.15) is 0 Å². The minimum absolute atomic E-state index is 0.0461. The van der Waals surface area contributed by atoms with E-state index in [1.165, 1.54) is 4.31 Å². The molecular weight excluding hydrogens is 268 g/mol. The molecule has 1 aliphatic heterocycles. The molecule has 1 fully saturated rings. The van der Waals surface area contributed by atoms with E-state index in [1.807, 2.05) is 0 Å². The Balaban J connectivity index is 2.32. The highest BCUT2D eigenvalue weighted by atomic mass is 32.2. The van der Waals surface area contributed by atoms with Crippen LogP contribution in [0.25, 0.3) is 0 Å². The highest BCUT2D eigenvalue weighted by molar-refractivity contribution is 7.89. The first-order valence-corrected chi connectivity index (χ1v) is 8.41. The fourth-order valence-corrected chi connectivity index (χ4v) is 3.23. The molecule has 0 spiro atoms. The van der Waals surface area contributed by atoms with Gasteiger partial charge in [-0.3, -0.25) is 4.79 Å². The van der Waals surface area contributed by atoms with Crippen LogP contribution in [0.3, 0.4) is 0 Å². The number of amides is 1. The first kappa shape index (κ1) is 16.4. The van der Waals surface area contributed by atoms with Crippen molar-refractivity contribution in [2.45, 2.75) is 51.7 Å². The Hall–Kier alpha value is -0.660. The van der Waals surface area contributed by atoms with Crippen LogP contribution in [0, 0.1) is 0 Å². The minimum atomic E-state index is -3.11. The van der Waals surface area contributed by atoms with Crippen molar-refractivity contribution in [1.82, 2.24) is 9.62 Å². The SMILES string of the molecule is CCS(=O)(=O)N1CCC(NC(=O)CCC(C)O)CC1. The van der Waals surface area contributed by atoms with E-state index >= 15 is 0 Å². The number of sulfonamides is 1. The molecule has 1 rings (SSSR count). The fourth-order valence-electron chi connectivity index (χ4n) is 2.10. The Kier molecular flexibility index (Phi) is 6.22. The van der Waals surface area contributed by atoms with Gasteiger partial charge in [0.25, 0.3) is 0 Å². The second-order valence-electron chi connectivity index (χ2n) is 5.03. The number of aliphatic hydroxyl groups excluding tert-OH is 1. The average Bonchev–Trinajstić information content (AvgIpc) is 2.37. The van der Waals surface area contributed by atoms with Crippen LogP contribution in [0.15, 0.2) is 0 Å². The van der Waals surface area contributed by atoms with E-state index in [0.29, 0.717) is 38.8 Å². The molecule has 6 nitrogen and oxygen atoms in total. The molecule has 2 N–H and O–H groups in total. The summed E-state index contributed by atoms with van der Waals surface area (Å²) in [4.78, 5) is 11.6. The maximum atomic E-state index is 11.7. The Morgan fingerprint density at radius 3 is 2.47 bits per heavy atom. The molecule has 1 heterocycles. The van der Waals surface area contributed by atoms with Gasteiger partial charge < -0.3 is 10.4 Å². The molecular formula is C12H24N2O4S. The van der Waals surface area contributed by atoms with Gasteiger partial charge in [-0.15, -0.1) is 0 Å². The number of hydrogen-bond acceptors (Lipinski definition) is 4. The molecule has 0 aromatic carbocycles. The van der Waals surface area contributed by atoms with Gasteiger partial charge in [0, 0.05) is 25.6 Å². The predicted octanol–water partition coefficient (Wildman–Crippen LogP) is 0.0777. The van der Waals surface area contributed by atoms with Crippen LogP contribution in [-0.4, -0.2) is 54.7 Å². The van der Waals surface area contributed by atoms with Crippen LogP contribution in [-0.2, 0) is 14.8 Å². The van der Waals surface area contributed by atoms with E-state index in [1.54, 1.807) is 13.8 Å². The lowest BCUT2D eigenvalue weighted by Crippen LogP contribution is -2.46. The summed E-state index contributed by atoms with van der Waals surface area (Å²) < 4.78 is 24.8. The highest BCUT2D eigenvalue weighted by Gasteiger charge is 2.27. The molecule has 0 bridgehead atoms. The Bertz CT molecular complexity index is 387. The highest BCUT2D eigenvalue weighted by Crippen LogP contribution is 2.14. The van der Waals surface area contributed by atoms with Crippen LogP contribution in [0.1, 0.15) is 39.5 Å². The molecule has 1 unspecified atom stereocenters. The van der Waals surface area contributed by atoms with E-state index in [9.17, 15) is 13.2 Å². The van der Waals surface area contributed by atoms with Crippen LogP contribution in [0.5, 0.6) is 0 Å². The molecule has 0 radical (unpaired) electrons. The van der Waals surface area contributed by atoms with E-state index < -0.39 is 16.1 Å². The topological polar surface area (TPSA) is 86.7 Å². The molecule has 1 atom stereocenters. The van der Waals surface area contributed by atoms with Crippen molar-refractivity contribution < 1.29 is 18.3 Å². The Morgan fingerprint density at radius 2 is 2.00 bits per heavy atom. The first-order chi connectivity index (χ1) is 8.85. The summed E-state index contributed by atoms with van der Waals surface area (Å²) in [6.45, 7) is 4.23. The van der Waals surface area contributed by atoms with Gasteiger partial charge >= 0.3 is 0 Å². The molecule has 7 heteroatoms. The van der Waals surface area contributed by atoms with E-state index in [2.05, 4.69) is 5.32 Å². The van der Waals surface area contributed by atoms with Gasteiger partial charge in [0.2, 0.25) is 15.9 Å². The molecule has 0 saturated carbocycles. The van der Waals surface area contributed by atoms with Gasteiger partial charge in [0.15, 0.2) is 0 Å². The van der Waals surface area contributed by atoms with Gasteiger partial charge in [0.05, 0.1) is 11.9 Å². The number of nitrogens with one attached hydrogen (secondary N) is 1. The van der Waals surface area contributed by atoms with Crippen molar-refractivity contribution in [2.24, 2.45) is 0 Å². The summed E-state index contributed by atoms with van der Waals surface area (Å²) in [5.41, 5.74) is 0. The van der Waals surface area contributed by atoms with Crippen molar-refractivity contribution in [3.63, 3.8) is 0 Å². The maximum absolute atomic E-state index is 11.7. The first-order valence-electron chi connectivity index (χ1n) is 6.80. The zero-order valence-electron chi connectivity index (χ0n) is 11.6. The summed E-state index contributed by atoms with van der Waals surface area (Å²) >= 11 is 0. The number of hydrogen-bond donors (Lipinski definition) is 2. The molecule has 1 amide bonds. The molecule has 19 heavy (non-hydrogen) atoms. The number of nitrogens with zero attached hydrogens (tertiary/aromatic N) is 1. The van der Waals surface area contributed by atoms with Gasteiger partial charge in [-0.05, 0) is 33.1 Å². The smallest absolute Gasteiger partial charge is 0.220 e. The standard InChI is InChI=1S/C12H24N2O4S/c1-3-19(17,18)14-8-6-11(7-9-14)13-12(16)5-4-10(2)15/h10-11,15H,3-9H2,1-2H3,(H,13,16). The third-order valence-corrected chi connectivity index (χ3v) is 5.25. The van der Waals surface area contributed by atoms with Crippen LogP contribution >= 0.6 is 0 Å². The number of piperidine rings is 1. The summed E-state index contributed by atoms with van der Waals surface area (Å²) in [7, 11) is -3.11. The third kappa shape index (κ3) is 5.46. The Labute approximate surface area is 115 Å². The summed E-state index contributed by atoms with van der Waals surface area (Å²) in [6.07, 6.45) is 1.60. The van der Waals surface area contributed by atoms with Crippen LogP contribution < -0.4 is 5.32 Å². The van der Waals surface area contributed by atoms with E-state index in [4.69, 9.17) is 5.11 Å². The van der Waals surface area contributed by atoms with Crippen LogP contribution in [0.2, 0.25) is 0 Å². The second kappa shape index (κ2) is 7.21. The monoisotopic (exact) mass is 292 g/mol. The van der Waals surface area contributed by atoms with Gasteiger partial charge in [0.1, 0.15) is 0 Å². The van der Waals surface area contributed by atoms with E-state index in [-0.39, 0.29) is 17.7 Å². The molecule has 0 aliphatic carbocycles. The number of carbonyl (C=O) groups excluding carboxylic acids is 1. The number of aliphatic hydroxyl groups is 1. The van der Waals surface area contributed by atoms with Crippen molar-refractivity contribution in [3.05, 3.63) is 0 Å². The quantitative estimate of drug-likeness (QED) is 0.726. The lowest BCUT2D eigenvalue weighted by atomic mass is 10.1. The van der Waals surface area contributed by atoms with Crippen molar-refractivity contribution in [1.29, 1.82) is 0 Å². The van der Waals surface area contributed by atoms with Gasteiger partial charge in [-0.25, -0.2) is 12.7 Å². The molecule has 0 aromatic rings. The largest absolute Gasteiger partial charge is 0.393 e. The number of rotatable bonds is 6. The molecule has 0 aromatic heterocycles. The number of carbonyl (C=O) groups is 1. The zero-order valence-corrected chi connectivity index (χ0v) is 12.4. The summed E-state index contributed by atoms with van der Waals surface area (Å²) in [5, 5.41) is 12.0. The van der Waals surface area contributed by atoms with E-state index in [0.717, 1.165) is 0 Å². The van der Waals surface area contributed by atoms with Crippen LogP contribution in [0.4, 0.5) is 0 Å². The third-order valence-electron chi connectivity index (χ3n) is 3.37. The fraction of sp³-hybridized carbons (Fsp3) is 0.917. The lowest BCUT2D eigenvalue weighted by molar-refractivity contribution is -0.122. The summed E-state index contributed by atoms with van der Waals surface area (Å²) in [5.74, 6) is 0.0519. The minimum Gasteiger partial charge on any atom is -0.393 e. The normalized spacial score (nSPS) is 20.2.